The Morgan fingerprint density at radius 2 is 1.61 bits per heavy atom. The first-order chi connectivity index (χ1) is 18.2. The van der Waals surface area contributed by atoms with Gasteiger partial charge in [-0.15, -0.1) is 0 Å². The van der Waals surface area contributed by atoms with Gasteiger partial charge in [-0.05, 0) is 48.4 Å². The van der Waals surface area contributed by atoms with E-state index in [0.717, 1.165) is 5.56 Å². The van der Waals surface area contributed by atoms with Gasteiger partial charge >= 0.3 is 11.9 Å². The second-order valence-electron chi connectivity index (χ2n) is 8.19. The van der Waals surface area contributed by atoms with Crippen LogP contribution in [-0.2, 0) is 14.3 Å². The molecule has 0 saturated carbocycles. The fourth-order valence-electron chi connectivity index (χ4n) is 4.20. The van der Waals surface area contributed by atoms with E-state index in [1.54, 1.807) is 56.5 Å². The van der Waals surface area contributed by atoms with Gasteiger partial charge in [-0.1, -0.05) is 23.5 Å². The third kappa shape index (κ3) is 4.92. The van der Waals surface area contributed by atoms with E-state index in [-0.39, 0.29) is 22.6 Å². The van der Waals surface area contributed by atoms with Crippen LogP contribution >= 0.6 is 11.3 Å². The molecule has 0 bridgehead atoms. The van der Waals surface area contributed by atoms with Crippen molar-refractivity contribution < 1.29 is 33.3 Å². The van der Waals surface area contributed by atoms with E-state index in [4.69, 9.17) is 23.7 Å². The number of carbonyl (C=O) groups is 2. The van der Waals surface area contributed by atoms with Crippen molar-refractivity contribution >= 4 is 29.4 Å². The van der Waals surface area contributed by atoms with Crippen molar-refractivity contribution in [1.29, 1.82) is 0 Å². The summed E-state index contributed by atoms with van der Waals surface area (Å²) in [6, 6.07) is 9.31. The molecule has 4 rings (SSSR count). The largest absolute Gasteiger partial charge is 0.493 e. The van der Waals surface area contributed by atoms with Crippen LogP contribution in [0.25, 0.3) is 6.08 Å². The Morgan fingerprint density at radius 1 is 0.947 bits per heavy atom. The highest BCUT2D eigenvalue weighted by Gasteiger charge is 2.33. The number of hydrogen-bond acceptors (Lipinski definition) is 10. The van der Waals surface area contributed by atoms with E-state index in [1.165, 1.54) is 44.2 Å². The van der Waals surface area contributed by atoms with Crippen LogP contribution in [0.2, 0.25) is 0 Å². The molecule has 0 radical (unpaired) electrons. The standard InChI is InChI=1S/C27H26N2O8S/c1-14-23(26(32)36-6)24(17-8-10-19(37-15(2)30)21(13-17)35-5)29-25(31)22(38-27(29)28-14)12-16-7-9-18(33-3)20(11-16)34-4/h7-13,24H,1-6H3/b22-12+/t24-/m1/s1. The number of hydrogen-bond donors (Lipinski definition) is 0. The van der Waals surface area contributed by atoms with Crippen molar-refractivity contribution in [1.82, 2.24) is 4.57 Å². The number of methoxy groups -OCH3 is 4. The van der Waals surface area contributed by atoms with Gasteiger partial charge in [-0.2, -0.15) is 0 Å². The minimum absolute atomic E-state index is 0.208. The summed E-state index contributed by atoms with van der Waals surface area (Å²) in [5.41, 5.74) is 1.56. The number of esters is 2. The Balaban J connectivity index is 1.93. The van der Waals surface area contributed by atoms with E-state index in [2.05, 4.69) is 4.99 Å². The molecule has 0 amide bonds. The maximum atomic E-state index is 13.8. The van der Waals surface area contributed by atoms with Crippen molar-refractivity contribution in [2.75, 3.05) is 28.4 Å². The molecule has 1 aliphatic heterocycles. The van der Waals surface area contributed by atoms with Gasteiger partial charge in [0.05, 0.1) is 50.3 Å². The summed E-state index contributed by atoms with van der Waals surface area (Å²) in [5.74, 6) is 0.443. The number of thiazole rings is 1. The molecule has 1 atom stereocenters. The lowest BCUT2D eigenvalue weighted by Gasteiger charge is -2.25. The van der Waals surface area contributed by atoms with E-state index < -0.39 is 18.0 Å². The lowest BCUT2D eigenvalue weighted by Crippen LogP contribution is -2.39. The van der Waals surface area contributed by atoms with Crippen molar-refractivity contribution in [2.45, 2.75) is 19.9 Å². The fraction of sp³-hybridized carbons (Fsp3) is 0.259. The molecule has 1 aliphatic rings. The van der Waals surface area contributed by atoms with Gasteiger partial charge in [-0.3, -0.25) is 14.2 Å². The molecule has 0 fully saturated rings. The number of carbonyl (C=O) groups excluding carboxylic acids is 2. The number of nitrogens with zero attached hydrogens (tertiary/aromatic N) is 2. The zero-order valence-electron chi connectivity index (χ0n) is 21.7. The summed E-state index contributed by atoms with van der Waals surface area (Å²) in [5, 5.41) is 0. The van der Waals surface area contributed by atoms with Gasteiger partial charge < -0.3 is 23.7 Å². The Labute approximate surface area is 222 Å². The molecule has 2 aromatic carbocycles. The average molecular weight is 539 g/mol. The lowest BCUT2D eigenvalue weighted by atomic mass is 9.95. The molecule has 2 heterocycles. The number of aromatic nitrogens is 1. The Hall–Kier alpha value is -4.38. The lowest BCUT2D eigenvalue weighted by molar-refractivity contribution is -0.136. The van der Waals surface area contributed by atoms with E-state index >= 15 is 0 Å². The molecular weight excluding hydrogens is 512 g/mol. The fourth-order valence-corrected chi connectivity index (χ4v) is 5.24. The number of benzene rings is 2. The van der Waals surface area contributed by atoms with Crippen molar-refractivity contribution in [2.24, 2.45) is 4.99 Å². The molecule has 10 nitrogen and oxygen atoms in total. The molecule has 0 unspecified atom stereocenters. The number of allylic oxidation sites excluding steroid dienone is 1. The van der Waals surface area contributed by atoms with Gasteiger partial charge in [-0.25, -0.2) is 9.79 Å². The third-order valence-corrected chi connectivity index (χ3v) is 6.87. The van der Waals surface area contributed by atoms with Gasteiger partial charge in [0.2, 0.25) is 0 Å². The topological polar surface area (TPSA) is 115 Å². The minimum Gasteiger partial charge on any atom is -0.493 e. The number of ether oxygens (including phenoxy) is 5. The molecule has 0 spiro atoms. The van der Waals surface area contributed by atoms with Gasteiger partial charge in [0.25, 0.3) is 5.56 Å². The summed E-state index contributed by atoms with van der Waals surface area (Å²) in [6.45, 7) is 2.97. The monoisotopic (exact) mass is 538 g/mol. The molecule has 0 N–H and O–H groups in total. The van der Waals surface area contributed by atoms with Gasteiger partial charge in [0.1, 0.15) is 0 Å². The Bertz CT molecular complexity index is 1630. The van der Waals surface area contributed by atoms with Crippen LogP contribution in [0.1, 0.15) is 31.0 Å². The summed E-state index contributed by atoms with van der Waals surface area (Å²) in [7, 11) is 5.79. The SMILES string of the molecule is COC(=O)C1=C(C)N=c2s/c(=C/c3ccc(OC)c(OC)c3)c(=O)n2[C@@H]1c1ccc(OC(C)=O)c(OC)c1. The summed E-state index contributed by atoms with van der Waals surface area (Å²) >= 11 is 1.19. The minimum atomic E-state index is -0.855. The van der Waals surface area contributed by atoms with Crippen LogP contribution in [0.3, 0.4) is 0 Å². The first kappa shape index (κ1) is 26.7. The molecular formula is C27H26N2O8S. The smallest absolute Gasteiger partial charge is 0.338 e. The molecule has 198 valence electrons. The van der Waals surface area contributed by atoms with Crippen molar-refractivity contribution in [3.8, 4) is 23.0 Å². The van der Waals surface area contributed by atoms with E-state index in [9.17, 15) is 14.4 Å². The normalized spacial score (nSPS) is 14.9. The molecule has 0 aliphatic carbocycles. The number of fused-ring (bicyclic) bond motifs is 1. The van der Waals surface area contributed by atoms with Crippen LogP contribution in [0, 0.1) is 0 Å². The Kier molecular flexibility index (Phi) is 7.67. The van der Waals surface area contributed by atoms with E-state index in [0.29, 0.717) is 32.1 Å². The first-order valence-corrected chi connectivity index (χ1v) is 12.2. The highest BCUT2D eigenvalue weighted by molar-refractivity contribution is 7.07. The average Bonchev–Trinajstić information content (AvgIpc) is 3.21. The van der Waals surface area contributed by atoms with Crippen LogP contribution in [0.4, 0.5) is 0 Å². The molecule has 0 saturated heterocycles. The first-order valence-electron chi connectivity index (χ1n) is 11.4. The molecule has 11 heteroatoms. The predicted octanol–water partition coefficient (Wildman–Crippen LogP) is 2.36. The van der Waals surface area contributed by atoms with Crippen LogP contribution < -0.4 is 33.8 Å². The van der Waals surface area contributed by atoms with Gasteiger partial charge in [0.15, 0.2) is 27.8 Å². The third-order valence-electron chi connectivity index (χ3n) is 5.89. The van der Waals surface area contributed by atoms with Crippen molar-refractivity contribution in [3.05, 3.63) is 78.5 Å². The zero-order chi connectivity index (χ0) is 27.6. The van der Waals surface area contributed by atoms with E-state index in [1.807, 2.05) is 0 Å². The van der Waals surface area contributed by atoms with Crippen LogP contribution in [0.15, 0.2) is 57.5 Å². The quantitative estimate of drug-likeness (QED) is 0.333. The van der Waals surface area contributed by atoms with Crippen LogP contribution in [-0.4, -0.2) is 44.9 Å². The summed E-state index contributed by atoms with van der Waals surface area (Å²) in [6.07, 6.45) is 1.73. The highest BCUT2D eigenvalue weighted by Crippen LogP contribution is 2.36. The predicted molar refractivity (Wildman–Crippen MR) is 140 cm³/mol. The van der Waals surface area contributed by atoms with Crippen LogP contribution in [0.5, 0.6) is 23.0 Å². The molecule has 3 aromatic rings. The summed E-state index contributed by atoms with van der Waals surface area (Å²) in [4.78, 5) is 43.1. The maximum Gasteiger partial charge on any atom is 0.338 e. The molecule has 1 aromatic heterocycles. The maximum absolute atomic E-state index is 13.8. The Morgan fingerprint density at radius 3 is 2.24 bits per heavy atom. The molecule has 38 heavy (non-hydrogen) atoms. The van der Waals surface area contributed by atoms with Crippen molar-refractivity contribution in [3.63, 3.8) is 0 Å². The second-order valence-corrected chi connectivity index (χ2v) is 9.20. The number of rotatable bonds is 7. The highest BCUT2D eigenvalue weighted by atomic mass is 32.1. The van der Waals surface area contributed by atoms with Gasteiger partial charge in [0, 0.05) is 6.92 Å². The summed E-state index contributed by atoms with van der Waals surface area (Å²) < 4.78 is 28.2. The second kappa shape index (κ2) is 10.9. The zero-order valence-corrected chi connectivity index (χ0v) is 22.5.